The fraction of sp³-hybridized carbons (Fsp3) is 0.636. The zero-order chi connectivity index (χ0) is 22.1. The van der Waals surface area contributed by atoms with Crippen molar-refractivity contribution in [3.63, 3.8) is 0 Å². The van der Waals surface area contributed by atoms with Gasteiger partial charge in [0, 0.05) is 36.1 Å². The molecule has 1 saturated heterocycles. The zero-order valence-electron chi connectivity index (χ0n) is 18.5. The molecule has 1 aromatic carbocycles. The van der Waals surface area contributed by atoms with Gasteiger partial charge in [0.2, 0.25) is 5.91 Å². The second-order valence-corrected chi connectivity index (χ2v) is 9.28. The number of rotatable bonds is 11. The second-order valence-electron chi connectivity index (χ2n) is 8.42. The van der Waals surface area contributed by atoms with E-state index in [4.69, 9.17) is 9.47 Å². The maximum atomic E-state index is 12.0. The number of carbonyl (C=O) groups excluding carboxylic acids is 2. The van der Waals surface area contributed by atoms with Crippen molar-refractivity contribution in [1.29, 1.82) is 0 Å². The Kier molecular flexibility index (Phi) is 9.42. The molecule has 0 saturated carbocycles. The van der Waals surface area contributed by atoms with Crippen LogP contribution in [0.25, 0.3) is 0 Å². The first-order valence-electron chi connectivity index (χ1n) is 10.6. The molecule has 1 fully saturated rings. The number of nitrogens with zero attached hydrogens (tertiary/aromatic N) is 1. The number of benzene rings is 1. The molecule has 7 nitrogen and oxygen atoms in total. The highest BCUT2D eigenvalue weighted by Gasteiger charge is 2.19. The maximum Gasteiger partial charge on any atom is 0.258 e. The molecule has 0 bridgehead atoms. The van der Waals surface area contributed by atoms with Gasteiger partial charge in [0.25, 0.3) is 5.91 Å². The van der Waals surface area contributed by atoms with Gasteiger partial charge < -0.3 is 25.0 Å². The van der Waals surface area contributed by atoms with Crippen LogP contribution in [0.3, 0.4) is 0 Å². The van der Waals surface area contributed by atoms with Crippen molar-refractivity contribution in [2.75, 3.05) is 32.8 Å². The molecule has 2 amide bonds. The minimum absolute atomic E-state index is 0.0728. The molecule has 0 spiro atoms. The third-order valence-corrected chi connectivity index (χ3v) is 5.29. The summed E-state index contributed by atoms with van der Waals surface area (Å²) < 4.78 is 12.3. The number of carbonyl (C=O) groups is 2. The lowest BCUT2D eigenvalue weighted by Crippen LogP contribution is -2.43. The van der Waals surface area contributed by atoms with E-state index in [-0.39, 0.29) is 24.0 Å². The topological polar surface area (TPSA) is 79.9 Å². The number of amides is 2. The second kappa shape index (κ2) is 11.6. The summed E-state index contributed by atoms with van der Waals surface area (Å²) in [4.78, 5) is 25.6. The third-order valence-electron chi connectivity index (χ3n) is 4.55. The summed E-state index contributed by atoms with van der Waals surface area (Å²) >= 11 is 3.59. The molecular formula is C22H34BrN3O4. The molecule has 0 aliphatic carbocycles. The van der Waals surface area contributed by atoms with Crippen LogP contribution in [0.5, 0.6) is 11.5 Å². The third kappa shape index (κ3) is 8.14. The van der Waals surface area contributed by atoms with E-state index < -0.39 is 0 Å². The average Bonchev–Trinajstić information content (AvgIpc) is 3.06. The van der Waals surface area contributed by atoms with Crippen LogP contribution in [0.15, 0.2) is 16.6 Å². The first-order chi connectivity index (χ1) is 14.2. The first kappa shape index (κ1) is 24.5. The van der Waals surface area contributed by atoms with Crippen molar-refractivity contribution < 1.29 is 19.1 Å². The Bertz CT molecular complexity index is 734. The molecular weight excluding hydrogens is 450 g/mol. The van der Waals surface area contributed by atoms with E-state index in [0.29, 0.717) is 31.1 Å². The van der Waals surface area contributed by atoms with Gasteiger partial charge in [0.05, 0.1) is 6.61 Å². The molecule has 1 aliphatic heterocycles. The van der Waals surface area contributed by atoms with Crippen LogP contribution >= 0.6 is 15.9 Å². The Labute approximate surface area is 188 Å². The van der Waals surface area contributed by atoms with Gasteiger partial charge in [-0.2, -0.15) is 0 Å². The number of hydrogen-bond donors (Lipinski definition) is 2. The zero-order valence-corrected chi connectivity index (χ0v) is 20.1. The molecule has 2 rings (SSSR count). The predicted octanol–water partition coefficient (Wildman–Crippen LogP) is 3.24. The van der Waals surface area contributed by atoms with Gasteiger partial charge in [-0.1, -0.05) is 15.9 Å². The summed E-state index contributed by atoms with van der Waals surface area (Å²) in [5.74, 6) is 1.24. The Morgan fingerprint density at radius 2 is 1.97 bits per heavy atom. The highest BCUT2D eigenvalue weighted by Crippen LogP contribution is 2.34. The maximum absolute atomic E-state index is 12.0. The molecule has 0 radical (unpaired) electrons. The van der Waals surface area contributed by atoms with Gasteiger partial charge in [-0.15, -0.1) is 0 Å². The van der Waals surface area contributed by atoms with E-state index in [1.54, 1.807) is 0 Å². The predicted molar refractivity (Wildman–Crippen MR) is 121 cm³/mol. The monoisotopic (exact) mass is 483 g/mol. The fourth-order valence-electron chi connectivity index (χ4n) is 3.25. The SMILES string of the molecule is CCOc1cc(CNCCCN2CCCC2=O)c(Br)cc1OCC(=O)NC(C)(C)C. The van der Waals surface area contributed by atoms with Crippen LogP contribution < -0.4 is 20.1 Å². The molecule has 168 valence electrons. The summed E-state index contributed by atoms with van der Waals surface area (Å²) in [6.45, 7) is 11.3. The van der Waals surface area contributed by atoms with E-state index in [9.17, 15) is 9.59 Å². The molecule has 1 aromatic rings. The average molecular weight is 484 g/mol. The van der Waals surface area contributed by atoms with Gasteiger partial charge in [-0.25, -0.2) is 0 Å². The van der Waals surface area contributed by atoms with Gasteiger partial charge in [-0.3, -0.25) is 9.59 Å². The molecule has 0 unspecified atom stereocenters. The number of likely N-dealkylation sites (tertiary alicyclic amines) is 1. The number of nitrogens with one attached hydrogen (secondary N) is 2. The highest BCUT2D eigenvalue weighted by atomic mass is 79.9. The van der Waals surface area contributed by atoms with Crippen LogP contribution in [0.4, 0.5) is 0 Å². The van der Waals surface area contributed by atoms with Crippen LogP contribution in [0, 0.1) is 0 Å². The van der Waals surface area contributed by atoms with Crippen molar-refractivity contribution in [1.82, 2.24) is 15.5 Å². The number of ether oxygens (including phenoxy) is 2. The lowest BCUT2D eigenvalue weighted by atomic mass is 10.1. The number of halogens is 1. The summed E-state index contributed by atoms with van der Waals surface area (Å²) in [6.07, 6.45) is 2.59. The number of hydrogen-bond acceptors (Lipinski definition) is 5. The van der Waals surface area contributed by atoms with Gasteiger partial charge in [0.15, 0.2) is 18.1 Å². The highest BCUT2D eigenvalue weighted by molar-refractivity contribution is 9.10. The molecule has 30 heavy (non-hydrogen) atoms. The van der Waals surface area contributed by atoms with Crippen LogP contribution in [-0.4, -0.2) is 55.1 Å². The minimum atomic E-state index is -0.304. The van der Waals surface area contributed by atoms with Gasteiger partial charge in [-0.05, 0) is 64.8 Å². The molecule has 2 N–H and O–H groups in total. The molecule has 1 aliphatic rings. The summed E-state index contributed by atoms with van der Waals surface area (Å²) in [6, 6.07) is 3.77. The largest absolute Gasteiger partial charge is 0.490 e. The summed E-state index contributed by atoms with van der Waals surface area (Å²) in [5, 5.41) is 6.30. The molecule has 0 atom stereocenters. The molecule has 8 heteroatoms. The standard InChI is InChI=1S/C22H34BrN3O4/c1-5-29-18-12-16(14-24-9-7-11-26-10-6-8-21(26)28)17(23)13-19(18)30-15-20(27)25-22(2,3)4/h12-13,24H,5-11,14-15H2,1-4H3,(H,25,27). The normalized spacial score (nSPS) is 14.2. The lowest BCUT2D eigenvalue weighted by molar-refractivity contribution is -0.127. The van der Waals surface area contributed by atoms with E-state index in [2.05, 4.69) is 26.6 Å². The first-order valence-corrected chi connectivity index (χ1v) is 11.4. The smallest absolute Gasteiger partial charge is 0.258 e. The van der Waals surface area contributed by atoms with Crippen molar-refractivity contribution in [2.45, 2.75) is 59.0 Å². The van der Waals surface area contributed by atoms with Crippen LogP contribution in [0.1, 0.15) is 52.5 Å². The molecule has 0 aromatic heterocycles. The lowest BCUT2D eigenvalue weighted by Gasteiger charge is -2.21. The quantitative estimate of drug-likeness (QED) is 0.472. The van der Waals surface area contributed by atoms with Gasteiger partial charge >= 0.3 is 0 Å². The fourth-order valence-corrected chi connectivity index (χ4v) is 3.71. The van der Waals surface area contributed by atoms with Crippen molar-refractivity contribution >= 4 is 27.7 Å². The Morgan fingerprint density at radius 3 is 2.60 bits per heavy atom. The Balaban J connectivity index is 1.88. The van der Waals surface area contributed by atoms with Crippen LogP contribution in [-0.2, 0) is 16.1 Å². The van der Waals surface area contributed by atoms with Gasteiger partial charge in [0.1, 0.15) is 0 Å². The van der Waals surface area contributed by atoms with E-state index in [1.165, 1.54) is 0 Å². The van der Waals surface area contributed by atoms with E-state index >= 15 is 0 Å². The molecule has 1 heterocycles. The summed E-state index contributed by atoms with van der Waals surface area (Å²) in [5.41, 5.74) is 0.739. The van der Waals surface area contributed by atoms with E-state index in [0.717, 1.165) is 42.5 Å². The van der Waals surface area contributed by atoms with Crippen LogP contribution in [0.2, 0.25) is 0 Å². The van der Waals surface area contributed by atoms with E-state index in [1.807, 2.05) is 44.7 Å². The Morgan fingerprint density at radius 1 is 1.23 bits per heavy atom. The van der Waals surface area contributed by atoms with Crippen molar-refractivity contribution in [3.8, 4) is 11.5 Å². The minimum Gasteiger partial charge on any atom is -0.490 e. The van der Waals surface area contributed by atoms with Crippen molar-refractivity contribution in [3.05, 3.63) is 22.2 Å². The van der Waals surface area contributed by atoms with Crippen molar-refractivity contribution in [2.24, 2.45) is 0 Å². The Hall–Kier alpha value is -1.80. The summed E-state index contributed by atoms with van der Waals surface area (Å²) in [7, 11) is 0.